The minimum absolute atomic E-state index is 0.00501. The lowest BCUT2D eigenvalue weighted by Crippen LogP contribution is -2.26. The zero-order chi connectivity index (χ0) is 20.9. The van der Waals surface area contributed by atoms with E-state index < -0.39 is 15.9 Å². The van der Waals surface area contributed by atoms with Crippen LogP contribution in [0.5, 0.6) is 5.75 Å². The molecule has 0 aliphatic heterocycles. The largest absolute Gasteiger partial charge is 0.496 e. The molecule has 152 valence electrons. The van der Waals surface area contributed by atoms with Crippen LogP contribution in [0.1, 0.15) is 22.8 Å². The van der Waals surface area contributed by atoms with Crippen molar-refractivity contribution in [1.82, 2.24) is 19.6 Å². The Balaban J connectivity index is 1.75. The molecule has 0 aliphatic rings. The van der Waals surface area contributed by atoms with Gasteiger partial charge < -0.3 is 14.6 Å². The normalized spacial score (nSPS) is 11.2. The second-order valence-electron chi connectivity index (χ2n) is 6.18. The molecule has 1 aromatic heterocycles. The lowest BCUT2D eigenvalue weighted by molar-refractivity contribution is 0.0952. The van der Waals surface area contributed by atoms with Gasteiger partial charge in [-0.1, -0.05) is 12.1 Å². The summed E-state index contributed by atoms with van der Waals surface area (Å²) < 4.78 is 35.0. The molecule has 29 heavy (non-hydrogen) atoms. The molecule has 0 fully saturated rings. The summed E-state index contributed by atoms with van der Waals surface area (Å²) in [7, 11) is -2.38. The van der Waals surface area contributed by atoms with E-state index in [-0.39, 0.29) is 17.0 Å². The number of hydrogen-bond donors (Lipinski definition) is 2. The zero-order valence-electron chi connectivity index (χ0n) is 16.1. The maximum atomic E-state index is 12.7. The van der Waals surface area contributed by atoms with Crippen LogP contribution in [-0.2, 0) is 16.6 Å². The highest BCUT2D eigenvalue weighted by molar-refractivity contribution is 7.89. The highest BCUT2D eigenvalue weighted by Gasteiger charge is 2.19. The number of amides is 1. The number of carbonyl (C=O) groups excluding carboxylic acids is 1. The molecule has 3 rings (SSSR count). The number of benzene rings is 2. The van der Waals surface area contributed by atoms with E-state index in [4.69, 9.17) is 4.74 Å². The SMILES string of the molecule is CCNC(=O)c1cc(S(=O)(=O)NCc2ccc(-n3ccnc3)cc2)ccc1OC. The Morgan fingerprint density at radius 2 is 1.93 bits per heavy atom. The highest BCUT2D eigenvalue weighted by Crippen LogP contribution is 2.22. The van der Waals surface area contributed by atoms with E-state index >= 15 is 0 Å². The number of aromatic nitrogens is 2. The van der Waals surface area contributed by atoms with Crippen LogP contribution in [0.4, 0.5) is 0 Å². The van der Waals surface area contributed by atoms with Crippen LogP contribution < -0.4 is 14.8 Å². The molecule has 2 N–H and O–H groups in total. The first kappa shape index (κ1) is 20.6. The summed E-state index contributed by atoms with van der Waals surface area (Å²) in [5.41, 5.74) is 1.90. The average Bonchev–Trinajstić information content (AvgIpc) is 3.27. The third kappa shape index (κ3) is 4.82. The van der Waals surface area contributed by atoms with Gasteiger partial charge in [0.15, 0.2) is 0 Å². The second kappa shape index (κ2) is 8.89. The van der Waals surface area contributed by atoms with E-state index in [0.29, 0.717) is 12.3 Å². The molecular formula is C20H22N4O4S. The van der Waals surface area contributed by atoms with E-state index in [0.717, 1.165) is 11.3 Å². The molecule has 1 amide bonds. The zero-order valence-corrected chi connectivity index (χ0v) is 16.9. The fourth-order valence-electron chi connectivity index (χ4n) is 2.75. The Hall–Kier alpha value is -3.17. The standard InChI is InChI=1S/C20H22N4O4S/c1-3-22-20(25)18-12-17(8-9-19(18)28-2)29(26,27)23-13-15-4-6-16(7-5-15)24-11-10-21-14-24/h4-12,14,23H,3,13H2,1-2H3,(H,22,25). The van der Waals surface area contributed by atoms with Crippen LogP contribution in [0.25, 0.3) is 5.69 Å². The first-order valence-electron chi connectivity index (χ1n) is 8.97. The number of carbonyl (C=O) groups is 1. The summed E-state index contributed by atoms with van der Waals surface area (Å²) in [5.74, 6) is -0.0820. The number of methoxy groups -OCH3 is 1. The van der Waals surface area contributed by atoms with Gasteiger partial charge >= 0.3 is 0 Å². The molecule has 0 spiro atoms. The number of nitrogens with zero attached hydrogens (tertiary/aromatic N) is 2. The van der Waals surface area contributed by atoms with Crippen molar-refractivity contribution in [2.75, 3.05) is 13.7 Å². The summed E-state index contributed by atoms with van der Waals surface area (Å²) in [6.45, 7) is 2.33. The number of rotatable bonds is 8. The maximum absolute atomic E-state index is 12.7. The average molecular weight is 414 g/mol. The topological polar surface area (TPSA) is 102 Å². The van der Waals surface area contributed by atoms with Crippen molar-refractivity contribution in [2.45, 2.75) is 18.4 Å². The third-order valence-corrected chi connectivity index (χ3v) is 5.67. The first-order chi connectivity index (χ1) is 13.9. The van der Waals surface area contributed by atoms with Gasteiger partial charge in [-0.05, 0) is 42.8 Å². The van der Waals surface area contributed by atoms with Gasteiger partial charge in [0.2, 0.25) is 10.0 Å². The number of nitrogens with one attached hydrogen (secondary N) is 2. The minimum Gasteiger partial charge on any atom is -0.496 e. The molecule has 0 bridgehead atoms. The van der Waals surface area contributed by atoms with Crippen molar-refractivity contribution in [2.24, 2.45) is 0 Å². The lowest BCUT2D eigenvalue weighted by Gasteiger charge is -2.12. The van der Waals surface area contributed by atoms with Crippen molar-refractivity contribution in [1.29, 1.82) is 0 Å². The van der Waals surface area contributed by atoms with Crippen LogP contribution in [0, 0.1) is 0 Å². The van der Waals surface area contributed by atoms with Crippen LogP contribution in [0.3, 0.4) is 0 Å². The van der Waals surface area contributed by atoms with Gasteiger partial charge in [-0.3, -0.25) is 4.79 Å². The number of hydrogen-bond acceptors (Lipinski definition) is 5. The molecule has 9 heteroatoms. The van der Waals surface area contributed by atoms with E-state index in [1.807, 2.05) is 35.0 Å². The van der Waals surface area contributed by atoms with E-state index in [9.17, 15) is 13.2 Å². The predicted molar refractivity (Wildman–Crippen MR) is 109 cm³/mol. The molecule has 0 atom stereocenters. The van der Waals surface area contributed by atoms with Crippen molar-refractivity contribution >= 4 is 15.9 Å². The summed E-state index contributed by atoms with van der Waals surface area (Å²) in [4.78, 5) is 16.2. The molecule has 0 unspecified atom stereocenters. The fourth-order valence-corrected chi connectivity index (χ4v) is 3.79. The van der Waals surface area contributed by atoms with Gasteiger partial charge in [-0.2, -0.15) is 0 Å². The number of ether oxygens (including phenoxy) is 1. The monoisotopic (exact) mass is 414 g/mol. The summed E-state index contributed by atoms with van der Waals surface area (Å²) in [5, 5.41) is 2.65. The summed E-state index contributed by atoms with van der Waals surface area (Å²) >= 11 is 0. The molecule has 8 nitrogen and oxygen atoms in total. The Bertz CT molecular complexity index is 1080. The molecule has 0 aliphatic carbocycles. The molecule has 0 saturated carbocycles. The minimum atomic E-state index is -3.81. The second-order valence-corrected chi connectivity index (χ2v) is 7.95. The molecule has 1 heterocycles. The van der Waals surface area contributed by atoms with Crippen LogP contribution in [0.2, 0.25) is 0 Å². The summed E-state index contributed by atoms with van der Waals surface area (Å²) in [6, 6.07) is 11.6. The van der Waals surface area contributed by atoms with Gasteiger partial charge in [0.1, 0.15) is 5.75 Å². The van der Waals surface area contributed by atoms with Crippen molar-refractivity contribution < 1.29 is 17.9 Å². The Labute approximate surface area is 169 Å². The Morgan fingerprint density at radius 3 is 2.55 bits per heavy atom. The van der Waals surface area contributed by atoms with E-state index in [2.05, 4.69) is 15.0 Å². The number of sulfonamides is 1. The Kier molecular flexibility index (Phi) is 6.30. The lowest BCUT2D eigenvalue weighted by atomic mass is 10.2. The van der Waals surface area contributed by atoms with Gasteiger partial charge in [0, 0.05) is 31.2 Å². The summed E-state index contributed by atoms with van der Waals surface area (Å²) in [6.07, 6.45) is 5.20. The first-order valence-corrected chi connectivity index (χ1v) is 10.5. The van der Waals surface area contributed by atoms with E-state index in [1.54, 1.807) is 19.4 Å². The third-order valence-electron chi connectivity index (χ3n) is 4.27. The smallest absolute Gasteiger partial charge is 0.255 e. The fraction of sp³-hybridized carbons (Fsp3) is 0.200. The Morgan fingerprint density at radius 1 is 1.17 bits per heavy atom. The van der Waals surface area contributed by atoms with Crippen molar-refractivity contribution in [3.8, 4) is 11.4 Å². The van der Waals surface area contributed by atoms with Crippen LogP contribution >= 0.6 is 0 Å². The van der Waals surface area contributed by atoms with Crippen LogP contribution in [0.15, 0.2) is 66.1 Å². The van der Waals surface area contributed by atoms with Crippen molar-refractivity contribution in [3.05, 3.63) is 72.3 Å². The van der Waals surface area contributed by atoms with Gasteiger partial charge in [-0.15, -0.1) is 0 Å². The van der Waals surface area contributed by atoms with Gasteiger partial charge in [0.25, 0.3) is 5.91 Å². The van der Waals surface area contributed by atoms with Gasteiger partial charge in [0.05, 0.1) is 23.9 Å². The quantitative estimate of drug-likeness (QED) is 0.588. The molecule has 0 radical (unpaired) electrons. The molecule has 2 aromatic carbocycles. The number of imidazole rings is 1. The maximum Gasteiger partial charge on any atom is 0.255 e. The highest BCUT2D eigenvalue weighted by atomic mass is 32.2. The van der Waals surface area contributed by atoms with Crippen molar-refractivity contribution in [3.63, 3.8) is 0 Å². The molecular weight excluding hydrogens is 392 g/mol. The predicted octanol–water partition coefficient (Wildman–Crippen LogP) is 2.11. The molecule has 3 aromatic rings. The molecule has 0 saturated heterocycles. The van der Waals surface area contributed by atoms with Crippen LogP contribution in [-0.4, -0.2) is 37.5 Å². The van der Waals surface area contributed by atoms with E-state index in [1.165, 1.54) is 25.3 Å². The van der Waals surface area contributed by atoms with Gasteiger partial charge in [-0.25, -0.2) is 18.1 Å².